The van der Waals surface area contributed by atoms with Crippen LogP contribution >= 0.6 is 0 Å². The fraction of sp³-hybridized carbons (Fsp3) is 0.786. The Bertz CT molecular complexity index is 334. The van der Waals surface area contributed by atoms with Crippen LogP contribution in [0.1, 0.15) is 32.6 Å². The van der Waals surface area contributed by atoms with Crippen molar-refractivity contribution in [3.05, 3.63) is 11.5 Å². The lowest BCUT2D eigenvalue weighted by molar-refractivity contribution is -0.217. The fourth-order valence-electron chi connectivity index (χ4n) is 2.19. The highest BCUT2D eigenvalue weighted by Crippen LogP contribution is 2.19. The summed E-state index contributed by atoms with van der Waals surface area (Å²) in [5, 5.41) is 11.9. The predicted molar refractivity (Wildman–Crippen MR) is 74.1 cm³/mol. The van der Waals surface area contributed by atoms with Gasteiger partial charge in [-0.15, -0.1) is 0 Å². The smallest absolute Gasteiger partial charge is 0.361 e. The fourth-order valence-corrected chi connectivity index (χ4v) is 2.19. The number of rotatable bonds is 8. The lowest BCUT2D eigenvalue weighted by Crippen LogP contribution is -2.37. The Kier molecular flexibility index (Phi) is 7.40. The van der Waals surface area contributed by atoms with Crippen LogP contribution in [0.2, 0.25) is 0 Å². The van der Waals surface area contributed by atoms with Gasteiger partial charge in [-0.2, -0.15) is 0 Å². The van der Waals surface area contributed by atoms with Crippen LogP contribution in [0.5, 0.6) is 0 Å². The molecule has 0 bridgehead atoms. The van der Waals surface area contributed by atoms with Crippen LogP contribution in [-0.4, -0.2) is 44.7 Å². The second-order valence-corrected chi connectivity index (χ2v) is 4.94. The molecule has 1 fully saturated rings. The number of hydrogen-bond donors (Lipinski definition) is 2. The van der Waals surface area contributed by atoms with E-state index in [4.69, 9.17) is 19.3 Å². The topological polar surface area (TPSA) is 77.0 Å². The van der Waals surface area contributed by atoms with Crippen molar-refractivity contribution in [2.45, 2.75) is 38.9 Å². The molecule has 0 atom stereocenters. The number of carboxylic acids is 1. The van der Waals surface area contributed by atoms with Gasteiger partial charge < -0.3 is 24.6 Å². The molecular weight excluding hydrogens is 262 g/mol. The second-order valence-electron chi connectivity index (χ2n) is 4.94. The van der Waals surface area contributed by atoms with E-state index in [2.05, 4.69) is 5.32 Å². The molecule has 6 nitrogen and oxygen atoms in total. The monoisotopic (exact) mass is 287 g/mol. The largest absolute Gasteiger partial charge is 0.500 e. The molecule has 1 saturated heterocycles. The summed E-state index contributed by atoms with van der Waals surface area (Å²) in [6.07, 6.45) is 2.94. The molecule has 116 valence electrons. The quantitative estimate of drug-likeness (QED) is 0.523. The van der Waals surface area contributed by atoms with Crippen LogP contribution in [0.3, 0.4) is 0 Å². The Labute approximate surface area is 120 Å². The van der Waals surface area contributed by atoms with Gasteiger partial charge in [-0.1, -0.05) is 6.42 Å². The van der Waals surface area contributed by atoms with Crippen molar-refractivity contribution in [2.24, 2.45) is 5.92 Å². The zero-order chi connectivity index (χ0) is 15.0. The number of hydrogen-bond acceptors (Lipinski definition) is 5. The lowest BCUT2D eigenvalue weighted by atomic mass is 10.0. The molecule has 1 rings (SSSR count). The first kappa shape index (κ1) is 16.8. The Balaban J connectivity index is 2.18. The molecule has 0 unspecified atom stereocenters. The summed E-state index contributed by atoms with van der Waals surface area (Å²) in [6.45, 7) is 2.87. The molecule has 1 heterocycles. The van der Waals surface area contributed by atoms with Crippen molar-refractivity contribution in [1.82, 2.24) is 5.32 Å². The third kappa shape index (κ3) is 5.38. The van der Waals surface area contributed by atoms with Gasteiger partial charge in [0.05, 0.1) is 20.3 Å². The minimum atomic E-state index is -1.09. The number of allylic oxidation sites excluding steroid dienone is 2. The summed E-state index contributed by atoms with van der Waals surface area (Å²) in [5.41, 5.74) is 1.12. The maximum absolute atomic E-state index is 10.6. The molecular formula is C14H25NO5. The van der Waals surface area contributed by atoms with E-state index < -0.39 is 12.3 Å². The molecule has 0 aromatic heterocycles. The molecule has 0 aromatic carbocycles. The molecule has 6 heteroatoms. The van der Waals surface area contributed by atoms with E-state index >= 15 is 0 Å². The van der Waals surface area contributed by atoms with Crippen molar-refractivity contribution >= 4 is 5.97 Å². The highest BCUT2D eigenvalue weighted by Gasteiger charge is 2.26. The number of carbonyl (C=O) groups is 1. The van der Waals surface area contributed by atoms with Gasteiger partial charge in [0, 0.05) is 18.7 Å². The average molecular weight is 287 g/mol. The third-order valence-electron chi connectivity index (χ3n) is 3.49. The first-order valence-electron chi connectivity index (χ1n) is 6.96. The van der Waals surface area contributed by atoms with Crippen LogP contribution < -0.4 is 5.32 Å². The lowest BCUT2D eigenvalue weighted by Gasteiger charge is -2.26. The standard InChI is InChI=1S/C14H25NO5/c1-10(18-3)12(15-2)7-5-4-6-11-8-19-14(13(16)17)20-9-11/h11,14-15H,4-9H2,1-3H3,(H,16,17)/b12-10-. The van der Waals surface area contributed by atoms with E-state index in [9.17, 15) is 4.79 Å². The summed E-state index contributed by atoms with van der Waals surface area (Å²) in [7, 11) is 3.56. The summed E-state index contributed by atoms with van der Waals surface area (Å²) >= 11 is 0. The van der Waals surface area contributed by atoms with E-state index in [1.807, 2.05) is 14.0 Å². The third-order valence-corrected chi connectivity index (χ3v) is 3.49. The van der Waals surface area contributed by atoms with E-state index in [-0.39, 0.29) is 5.92 Å². The Hall–Kier alpha value is -1.27. The molecule has 0 radical (unpaired) electrons. The van der Waals surface area contributed by atoms with E-state index in [1.54, 1.807) is 7.11 Å². The van der Waals surface area contributed by atoms with Crippen molar-refractivity contribution in [2.75, 3.05) is 27.4 Å². The Morgan fingerprint density at radius 1 is 1.35 bits per heavy atom. The summed E-state index contributed by atoms with van der Waals surface area (Å²) < 4.78 is 15.5. The zero-order valence-electron chi connectivity index (χ0n) is 12.5. The number of ether oxygens (including phenoxy) is 3. The Morgan fingerprint density at radius 3 is 2.50 bits per heavy atom. The number of carboxylic acid groups (broad SMARTS) is 1. The predicted octanol–water partition coefficient (Wildman–Crippen LogP) is 1.72. The van der Waals surface area contributed by atoms with E-state index in [1.165, 1.54) is 0 Å². The van der Waals surface area contributed by atoms with Gasteiger partial charge in [0.25, 0.3) is 6.29 Å². The van der Waals surface area contributed by atoms with Crippen molar-refractivity contribution in [3.8, 4) is 0 Å². The normalized spacial score (nSPS) is 23.9. The molecule has 1 aliphatic heterocycles. The zero-order valence-corrected chi connectivity index (χ0v) is 12.5. The summed E-state index contributed by atoms with van der Waals surface area (Å²) in [5.74, 6) is 0.152. The highest BCUT2D eigenvalue weighted by molar-refractivity contribution is 5.70. The number of aliphatic carboxylic acids is 1. The first-order valence-corrected chi connectivity index (χ1v) is 6.96. The van der Waals surface area contributed by atoms with Gasteiger partial charge in [0.1, 0.15) is 5.76 Å². The molecule has 20 heavy (non-hydrogen) atoms. The molecule has 0 amide bonds. The molecule has 1 aliphatic rings. The maximum atomic E-state index is 10.6. The average Bonchev–Trinajstić information content (AvgIpc) is 2.47. The van der Waals surface area contributed by atoms with Gasteiger partial charge >= 0.3 is 5.97 Å². The number of nitrogens with one attached hydrogen (secondary N) is 1. The van der Waals surface area contributed by atoms with Crippen molar-refractivity contribution in [3.63, 3.8) is 0 Å². The van der Waals surface area contributed by atoms with Gasteiger partial charge in [-0.05, 0) is 26.2 Å². The maximum Gasteiger partial charge on any atom is 0.361 e. The first-order chi connectivity index (χ1) is 9.58. The van der Waals surface area contributed by atoms with Gasteiger partial charge in [-0.25, -0.2) is 4.79 Å². The molecule has 0 spiro atoms. The number of unbranched alkanes of at least 4 members (excludes halogenated alkanes) is 1. The van der Waals surface area contributed by atoms with E-state index in [0.717, 1.165) is 37.1 Å². The minimum Gasteiger partial charge on any atom is -0.500 e. The summed E-state index contributed by atoms with van der Waals surface area (Å²) in [6, 6.07) is 0. The molecule has 0 saturated carbocycles. The van der Waals surface area contributed by atoms with Crippen LogP contribution in [0.4, 0.5) is 0 Å². The minimum absolute atomic E-state index is 0.288. The highest BCUT2D eigenvalue weighted by atomic mass is 16.7. The van der Waals surface area contributed by atoms with Gasteiger partial charge in [0.15, 0.2) is 0 Å². The Morgan fingerprint density at radius 2 is 2.00 bits per heavy atom. The van der Waals surface area contributed by atoms with Gasteiger partial charge in [0.2, 0.25) is 0 Å². The second kappa shape index (κ2) is 8.81. The van der Waals surface area contributed by atoms with E-state index in [0.29, 0.717) is 13.2 Å². The van der Waals surface area contributed by atoms with Crippen LogP contribution in [-0.2, 0) is 19.0 Å². The van der Waals surface area contributed by atoms with Crippen LogP contribution in [0, 0.1) is 5.92 Å². The van der Waals surface area contributed by atoms with Crippen LogP contribution in [0.25, 0.3) is 0 Å². The summed E-state index contributed by atoms with van der Waals surface area (Å²) in [4.78, 5) is 10.6. The van der Waals surface area contributed by atoms with Gasteiger partial charge in [-0.3, -0.25) is 0 Å². The van der Waals surface area contributed by atoms with Crippen molar-refractivity contribution in [1.29, 1.82) is 0 Å². The molecule has 0 aromatic rings. The SMILES string of the molecule is CN/C(CCCCC1COC(C(=O)O)OC1)=C(/C)OC. The van der Waals surface area contributed by atoms with Crippen molar-refractivity contribution < 1.29 is 24.1 Å². The number of methoxy groups -OCH3 is 1. The molecule has 0 aliphatic carbocycles. The van der Waals surface area contributed by atoms with Crippen LogP contribution in [0.15, 0.2) is 11.5 Å². The molecule has 2 N–H and O–H groups in total.